The van der Waals surface area contributed by atoms with Crippen LogP contribution < -0.4 is 10.1 Å². The topological polar surface area (TPSA) is 64.4 Å². The highest BCUT2D eigenvalue weighted by molar-refractivity contribution is 6.31. The van der Waals surface area contributed by atoms with Crippen LogP contribution in [0.1, 0.15) is 11.1 Å². The molecule has 0 radical (unpaired) electrons. The van der Waals surface area contributed by atoms with Crippen LogP contribution in [0.25, 0.3) is 0 Å². The van der Waals surface area contributed by atoms with Crippen LogP contribution in [0.5, 0.6) is 5.75 Å². The largest absolute Gasteiger partial charge is 0.496 e. The van der Waals surface area contributed by atoms with Crippen molar-refractivity contribution < 1.29 is 9.66 Å². The molecule has 0 aromatic heterocycles. The number of hydrogen-bond acceptors (Lipinski definition) is 4. The van der Waals surface area contributed by atoms with Gasteiger partial charge >= 0.3 is 0 Å². The molecule has 110 valence electrons. The van der Waals surface area contributed by atoms with Crippen molar-refractivity contribution >= 4 is 23.0 Å². The number of halogens is 1. The van der Waals surface area contributed by atoms with Crippen LogP contribution in [0.2, 0.25) is 5.02 Å². The smallest absolute Gasteiger partial charge is 0.292 e. The lowest BCUT2D eigenvalue weighted by Gasteiger charge is -2.12. The molecule has 0 aliphatic heterocycles. The summed E-state index contributed by atoms with van der Waals surface area (Å²) in [6.45, 7) is 2.22. The molecule has 2 aromatic rings. The first-order chi connectivity index (χ1) is 10.0. The molecule has 2 rings (SSSR count). The van der Waals surface area contributed by atoms with E-state index in [1.54, 1.807) is 37.4 Å². The molecule has 21 heavy (non-hydrogen) atoms. The van der Waals surface area contributed by atoms with Gasteiger partial charge < -0.3 is 10.1 Å². The van der Waals surface area contributed by atoms with E-state index in [0.717, 1.165) is 11.1 Å². The summed E-state index contributed by atoms with van der Waals surface area (Å²) in [5.74, 6) is 0.644. The second-order valence-electron chi connectivity index (χ2n) is 4.55. The van der Waals surface area contributed by atoms with E-state index in [4.69, 9.17) is 16.3 Å². The van der Waals surface area contributed by atoms with Crippen molar-refractivity contribution in [3.63, 3.8) is 0 Å². The fourth-order valence-electron chi connectivity index (χ4n) is 2.04. The maximum absolute atomic E-state index is 11.0. The number of aryl methyl sites for hydroxylation is 1. The van der Waals surface area contributed by atoms with E-state index in [2.05, 4.69) is 5.32 Å². The summed E-state index contributed by atoms with van der Waals surface area (Å²) in [5.41, 5.74) is 2.19. The van der Waals surface area contributed by atoms with Gasteiger partial charge in [0.2, 0.25) is 0 Å². The average Bonchev–Trinajstić information content (AvgIpc) is 2.45. The van der Waals surface area contributed by atoms with E-state index in [-0.39, 0.29) is 5.69 Å². The summed E-state index contributed by atoms with van der Waals surface area (Å²) in [4.78, 5) is 10.6. The first-order valence-corrected chi connectivity index (χ1v) is 6.71. The Balaban J connectivity index is 2.28. The maximum Gasteiger partial charge on any atom is 0.292 e. The van der Waals surface area contributed by atoms with Crippen molar-refractivity contribution in [2.24, 2.45) is 0 Å². The zero-order valence-electron chi connectivity index (χ0n) is 11.7. The predicted octanol–water partition coefficient (Wildman–Crippen LogP) is 4.18. The van der Waals surface area contributed by atoms with Gasteiger partial charge in [-0.15, -0.1) is 0 Å². The Morgan fingerprint density at radius 1 is 1.33 bits per heavy atom. The van der Waals surface area contributed by atoms with Gasteiger partial charge in [-0.2, -0.15) is 0 Å². The minimum absolute atomic E-state index is 0.0339. The number of nitro groups is 1. The van der Waals surface area contributed by atoms with Gasteiger partial charge in [-0.05, 0) is 30.7 Å². The number of benzene rings is 2. The van der Waals surface area contributed by atoms with E-state index in [0.29, 0.717) is 23.0 Å². The summed E-state index contributed by atoms with van der Waals surface area (Å²) in [6, 6.07) is 10.3. The third kappa shape index (κ3) is 3.44. The van der Waals surface area contributed by atoms with Gasteiger partial charge in [0.1, 0.15) is 11.4 Å². The van der Waals surface area contributed by atoms with Gasteiger partial charge in [0.15, 0.2) is 0 Å². The van der Waals surface area contributed by atoms with Gasteiger partial charge in [-0.1, -0.05) is 23.7 Å². The molecule has 0 spiro atoms. The summed E-state index contributed by atoms with van der Waals surface area (Å²) < 4.78 is 5.26. The summed E-state index contributed by atoms with van der Waals surface area (Å²) in [7, 11) is 1.56. The molecular formula is C15H15ClN2O3. The van der Waals surface area contributed by atoms with Crippen molar-refractivity contribution in [3.05, 3.63) is 62.7 Å². The molecule has 2 aromatic carbocycles. The number of rotatable bonds is 5. The number of methoxy groups -OCH3 is 1. The molecule has 1 N–H and O–H groups in total. The molecule has 0 aliphatic rings. The number of ether oxygens (including phenoxy) is 1. The lowest BCUT2D eigenvalue weighted by Crippen LogP contribution is -2.05. The Bertz CT molecular complexity index is 674. The molecule has 5 nitrogen and oxygen atoms in total. The normalized spacial score (nSPS) is 10.2. The van der Waals surface area contributed by atoms with Gasteiger partial charge in [0, 0.05) is 23.2 Å². The molecule has 0 amide bonds. The monoisotopic (exact) mass is 306 g/mol. The van der Waals surface area contributed by atoms with Crippen LogP contribution in [0, 0.1) is 17.0 Å². The Morgan fingerprint density at radius 3 is 2.76 bits per heavy atom. The first-order valence-electron chi connectivity index (χ1n) is 6.33. The fraction of sp³-hybridized carbons (Fsp3) is 0.200. The van der Waals surface area contributed by atoms with Crippen LogP contribution in [0.15, 0.2) is 36.4 Å². The summed E-state index contributed by atoms with van der Waals surface area (Å²) in [6.07, 6.45) is 0. The molecule has 0 fully saturated rings. The lowest BCUT2D eigenvalue weighted by molar-refractivity contribution is -0.384. The molecule has 0 saturated carbocycles. The Labute approximate surface area is 127 Å². The van der Waals surface area contributed by atoms with E-state index in [1.165, 1.54) is 6.07 Å². The number of nitrogens with one attached hydrogen (secondary N) is 1. The highest BCUT2D eigenvalue weighted by Crippen LogP contribution is 2.30. The summed E-state index contributed by atoms with van der Waals surface area (Å²) in [5, 5.41) is 14.7. The SMILES string of the molecule is COc1cccc(Cl)c1CNc1cc(C)ccc1[N+](=O)[O-]. The van der Waals surface area contributed by atoms with Crippen LogP contribution >= 0.6 is 11.6 Å². The fourth-order valence-corrected chi connectivity index (χ4v) is 2.27. The predicted molar refractivity (Wildman–Crippen MR) is 83.2 cm³/mol. The van der Waals surface area contributed by atoms with E-state index in [1.807, 2.05) is 6.92 Å². The van der Waals surface area contributed by atoms with Crippen molar-refractivity contribution in [3.8, 4) is 5.75 Å². The second kappa shape index (κ2) is 6.45. The zero-order chi connectivity index (χ0) is 15.4. The highest BCUT2D eigenvalue weighted by atomic mass is 35.5. The molecule has 0 atom stereocenters. The summed E-state index contributed by atoms with van der Waals surface area (Å²) >= 11 is 6.15. The number of anilines is 1. The van der Waals surface area contributed by atoms with E-state index >= 15 is 0 Å². The minimum atomic E-state index is -0.411. The Kier molecular flexibility index (Phi) is 4.65. The number of nitro benzene ring substituents is 1. The van der Waals surface area contributed by atoms with Gasteiger partial charge in [-0.25, -0.2) is 0 Å². The van der Waals surface area contributed by atoms with Crippen molar-refractivity contribution in [2.75, 3.05) is 12.4 Å². The number of nitrogens with zero attached hydrogens (tertiary/aromatic N) is 1. The Morgan fingerprint density at radius 2 is 2.10 bits per heavy atom. The van der Waals surface area contributed by atoms with E-state index < -0.39 is 4.92 Å². The molecule has 6 heteroatoms. The van der Waals surface area contributed by atoms with Crippen LogP contribution in [0.4, 0.5) is 11.4 Å². The van der Waals surface area contributed by atoms with Gasteiger partial charge in [-0.3, -0.25) is 10.1 Å². The minimum Gasteiger partial charge on any atom is -0.496 e. The first kappa shape index (κ1) is 15.1. The van der Waals surface area contributed by atoms with Crippen molar-refractivity contribution in [1.29, 1.82) is 0 Å². The second-order valence-corrected chi connectivity index (χ2v) is 4.96. The standard InChI is InChI=1S/C15H15ClN2O3/c1-10-6-7-14(18(19)20)13(8-10)17-9-11-12(16)4-3-5-15(11)21-2/h3-8,17H,9H2,1-2H3. The quantitative estimate of drug-likeness (QED) is 0.665. The molecular weight excluding hydrogens is 292 g/mol. The maximum atomic E-state index is 11.0. The number of hydrogen-bond donors (Lipinski definition) is 1. The van der Waals surface area contributed by atoms with Crippen molar-refractivity contribution in [1.82, 2.24) is 0 Å². The molecule has 0 saturated heterocycles. The lowest BCUT2D eigenvalue weighted by atomic mass is 10.1. The van der Waals surface area contributed by atoms with Gasteiger partial charge in [0.05, 0.1) is 12.0 Å². The van der Waals surface area contributed by atoms with Gasteiger partial charge in [0.25, 0.3) is 5.69 Å². The van der Waals surface area contributed by atoms with Crippen LogP contribution in [-0.2, 0) is 6.54 Å². The third-order valence-corrected chi connectivity index (χ3v) is 3.45. The highest BCUT2D eigenvalue weighted by Gasteiger charge is 2.14. The Hall–Kier alpha value is -2.27. The van der Waals surface area contributed by atoms with Crippen LogP contribution in [-0.4, -0.2) is 12.0 Å². The molecule has 0 aliphatic carbocycles. The molecule has 0 unspecified atom stereocenters. The molecule has 0 heterocycles. The van der Waals surface area contributed by atoms with E-state index in [9.17, 15) is 10.1 Å². The van der Waals surface area contributed by atoms with Crippen molar-refractivity contribution in [2.45, 2.75) is 13.5 Å². The van der Waals surface area contributed by atoms with Crippen LogP contribution in [0.3, 0.4) is 0 Å². The average molecular weight is 307 g/mol. The third-order valence-electron chi connectivity index (χ3n) is 3.10. The molecule has 0 bridgehead atoms. The zero-order valence-corrected chi connectivity index (χ0v) is 12.5.